The molecule has 2 saturated heterocycles. The van der Waals surface area contributed by atoms with Crippen molar-refractivity contribution in [3.8, 4) is 17.2 Å². The van der Waals surface area contributed by atoms with Crippen LogP contribution in [0.4, 0.5) is 4.79 Å². The second kappa shape index (κ2) is 8.00. The predicted molar refractivity (Wildman–Crippen MR) is 128 cm³/mol. The first-order valence-corrected chi connectivity index (χ1v) is 11.9. The number of piperidine rings is 1. The topological polar surface area (TPSA) is 73.6 Å². The van der Waals surface area contributed by atoms with Gasteiger partial charge in [-0.2, -0.15) is 5.26 Å². The molecule has 3 aliphatic rings. The molecular formula is C29H26N2O3. The van der Waals surface area contributed by atoms with Crippen LogP contribution in [-0.2, 0) is 10.3 Å². The first kappa shape index (κ1) is 20.9. The van der Waals surface area contributed by atoms with Crippen LogP contribution in [0.1, 0.15) is 53.9 Å². The number of benzene rings is 3. The van der Waals surface area contributed by atoms with Crippen molar-refractivity contribution in [2.75, 3.05) is 6.61 Å². The molecule has 0 aromatic heterocycles. The lowest BCUT2D eigenvalue weighted by atomic mass is 9.80. The van der Waals surface area contributed by atoms with Gasteiger partial charge in [-0.15, -0.1) is 0 Å². The van der Waals surface area contributed by atoms with Gasteiger partial charge >= 0.3 is 6.09 Å². The van der Waals surface area contributed by atoms with Crippen LogP contribution in [0.2, 0.25) is 0 Å². The van der Waals surface area contributed by atoms with E-state index in [0.717, 1.165) is 18.4 Å². The molecule has 0 radical (unpaired) electrons. The minimum Gasteiger partial charge on any atom is -0.448 e. The molecule has 1 aliphatic carbocycles. The molecule has 6 rings (SSSR count). The van der Waals surface area contributed by atoms with Gasteiger partial charge in [0.25, 0.3) is 0 Å². The standard InChI is InChI=1S/C29H26N2O3/c30-17-19-6-5-7-20(14-19)29(33)15-21-12-13-22(16-29)31(21)28(32)34-18-27-25-10-3-1-8-23(25)24-9-2-4-11-26(24)27/h1-11,14,21-22,27,33H,12-13,15-16,18H2. The predicted octanol–water partition coefficient (Wildman–Crippen LogP) is 5.32. The van der Waals surface area contributed by atoms with Crippen molar-refractivity contribution < 1.29 is 14.6 Å². The summed E-state index contributed by atoms with van der Waals surface area (Å²) in [4.78, 5) is 15.1. The van der Waals surface area contributed by atoms with Gasteiger partial charge in [-0.1, -0.05) is 60.7 Å². The maximum atomic E-state index is 13.3. The van der Waals surface area contributed by atoms with Crippen LogP contribution in [0.15, 0.2) is 72.8 Å². The van der Waals surface area contributed by atoms with E-state index in [0.29, 0.717) is 25.0 Å². The third kappa shape index (κ3) is 3.29. The zero-order chi connectivity index (χ0) is 23.3. The Morgan fingerprint density at radius 2 is 1.59 bits per heavy atom. The van der Waals surface area contributed by atoms with Crippen molar-refractivity contribution in [3.05, 3.63) is 95.1 Å². The summed E-state index contributed by atoms with van der Waals surface area (Å²) < 4.78 is 5.93. The smallest absolute Gasteiger partial charge is 0.410 e. The van der Waals surface area contributed by atoms with Crippen LogP contribution in [-0.4, -0.2) is 34.8 Å². The summed E-state index contributed by atoms with van der Waals surface area (Å²) in [5.41, 5.74) is 5.09. The van der Waals surface area contributed by atoms with Crippen molar-refractivity contribution in [1.82, 2.24) is 4.90 Å². The summed E-state index contributed by atoms with van der Waals surface area (Å²) in [7, 11) is 0. The van der Waals surface area contributed by atoms with Crippen LogP contribution in [0.3, 0.4) is 0 Å². The lowest BCUT2D eigenvalue weighted by molar-refractivity contribution is -0.0531. The summed E-state index contributed by atoms with van der Waals surface area (Å²) in [5.74, 6) is 0.0319. The van der Waals surface area contributed by atoms with Crippen molar-refractivity contribution in [1.29, 1.82) is 5.26 Å². The second-order valence-corrected chi connectivity index (χ2v) is 9.73. The first-order valence-electron chi connectivity index (χ1n) is 11.9. The third-order valence-electron chi connectivity index (χ3n) is 7.84. The lowest BCUT2D eigenvalue weighted by Crippen LogP contribution is -2.52. The first-order chi connectivity index (χ1) is 16.6. The van der Waals surface area contributed by atoms with Crippen molar-refractivity contribution in [2.24, 2.45) is 0 Å². The van der Waals surface area contributed by atoms with E-state index >= 15 is 0 Å². The zero-order valence-corrected chi connectivity index (χ0v) is 18.9. The summed E-state index contributed by atoms with van der Waals surface area (Å²) in [6.45, 7) is 0.303. The summed E-state index contributed by atoms with van der Waals surface area (Å²) >= 11 is 0. The number of ether oxygens (including phenoxy) is 1. The highest BCUT2D eigenvalue weighted by molar-refractivity contribution is 5.79. The molecule has 1 amide bonds. The minimum absolute atomic E-state index is 0.0319. The molecule has 3 aromatic rings. The second-order valence-electron chi connectivity index (χ2n) is 9.73. The average molecular weight is 451 g/mol. The van der Waals surface area contributed by atoms with Gasteiger partial charge in [0.1, 0.15) is 6.61 Å². The normalized spacial score (nSPS) is 24.9. The molecule has 5 nitrogen and oxygen atoms in total. The fraction of sp³-hybridized carbons (Fsp3) is 0.310. The number of carbonyl (C=O) groups is 1. The van der Waals surface area contributed by atoms with Crippen LogP contribution in [0, 0.1) is 11.3 Å². The molecule has 34 heavy (non-hydrogen) atoms. The molecule has 0 spiro atoms. The fourth-order valence-electron chi connectivity index (χ4n) is 6.31. The molecule has 2 unspecified atom stereocenters. The number of rotatable bonds is 3. The molecule has 5 heteroatoms. The van der Waals surface area contributed by atoms with Gasteiger partial charge in [0.05, 0.1) is 17.2 Å². The van der Waals surface area contributed by atoms with Crippen molar-refractivity contribution >= 4 is 6.09 Å². The highest BCUT2D eigenvalue weighted by atomic mass is 16.6. The lowest BCUT2D eigenvalue weighted by Gasteiger charge is -2.43. The van der Waals surface area contributed by atoms with Crippen molar-refractivity contribution in [3.63, 3.8) is 0 Å². The largest absolute Gasteiger partial charge is 0.448 e. The maximum absolute atomic E-state index is 13.3. The number of carbonyl (C=O) groups excluding carboxylic acids is 1. The van der Waals surface area contributed by atoms with Crippen LogP contribution < -0.4 is 0 Å². The van der Waals surface area contributed by atoms with Crippen LogP contribution in [0.5, 0.6) is 0 Å². The van der Waals surface area contributed by atoms with Crippen LogP contribution >= 0.6 is 0 Å². The fourth-order valence-corrected chi connectivity index (χ4v) is 6.31. The summed E-state index contributed by atoms with van der Waals surface area (Å²) in [5, 5.41) is 20.7. The molecular weight excluding hydrogens is 424 g/mol. The number of hydrogen-bond donors (Lipinski definition) is 1. The van der Waals surface area contributed by atoms with E-state index in [2.05, 4.69) is 30.3 Å². The molecule has 170 valence electrons. The molecule has 2 aliphatic heterocycles. The van der Waals surface area contributed by atoms with Gasteiger partial charge in [0, 0.05) is 30.8 Å². The van der Waals surface area contributed by atoms with E-state index in [1.165, 1.54) is 22.3 Å². The van der Waals surface area contributed by atoms with Crippen molar-refractivity contribution in [2.45, 2.75) is 49.3 Å². The SMILES string of the molecule is N#Cc1cccc(C2(O)CC3CCC(C2)N3C(=O)OCC2c3ccccc3-c3ccccc32)c1. The summed E-state index contributed by atoms with van der Waals surface area (Å²) in [6, 6.07) is 25.9. The number of nitrogens with zero attached hydrogens (tertiary/aromatic N) is 2. The highest BCUT2D eigenvalue weighted by Crippen LogP contribution is 2.47. The molecule has 2 fully saturated rings. The number of aliphatic hydroxyl groups is 1. The Kier molecular flexibility index (Phi) is 4.93. The van der Waals surface area contributed by atoms with Gasteiger partial charge < -0.3 is 14.7 Å². The number of fused-ring (bicyclic) bond motifs is 5. The molecule has 1 N–H and O–H groups in total. The number of nitriles is 1. The third-order valence-corrected chi connectivity index (χ3v) is 7.84. The van der Waals surface area contributed by atoms with Gasteiger partial charge in [0.15, 0.2) is 0 Å². The van der Waals surface area contributed by atoms with E-state index < -0.39 is 5.60 Å². The van der Waals surface area contributed by atoms with Gasteiger partial charge in [-0.05, 0) is 52.8 Å². The highest BCUT2D eigenvalue weighted by Gasteiger charge is 2.50. The minimum atomic E-state index is -1.03. The number of amides is 1. The van der Waals surface area contributed by atoms with Crippen LogP contribution in [0.25, 0.3) is 11.1 Å². The van der Waals surface area contributed by atoms with E-state index in [1.807, 2.05) is 41.3 Å². The van der Waals surface area contributed by atoms with E-state index in [4.69, 9.17) is 4.74 Å². The quantitative estimate of drug-likeness (QED) is 0.586. The van der Waals surface area contributed by atoms with E-state index in [-0.39, 0.29) is 24.1 Å². The molecule has 2 atom stereocenters. The molecule has 2 heterocycles. The van der Waals surface area contributed by atoms with Gasteiger partial charge in [0.2, 0.25) is 0 Å². The zero-order valence-electron chi connectivity index (χ0n) is 18.9. The Morgan fingerprint density at radius 3 is 2.21 bits per heavy atom. The Balaban J connectivity index is 1.19. The monoisotopic (exact) mass is 450 g/mol. The van der Waals surface area contributed by atoms with Gasteiger partial charge in [-0.3, -0.25) is 0 Å². The Morgan fingerprint density at radius 1 is 0.971 bits per heavy atom. The molecule has 0 saturated carbocycles. The molecule has 2 bridgehead atoms. The Labute approximate surface area is 199 Å². The Hall–Kier alpha value is -3.62. The maximum Gasteiger partial charge on any atom is 0.410 e. The summed E-state index contributed by atoms with van der Waals surface area (Å²) in [6.07, 6.45) is 2.34. The number of hydrogen-bond acceptors (Lipinski definition) is 4. The Bertz CT molecular complexity index is 1250. The molecule has 3 aromatic carbocycles. The van der Waals surface area contributed by atoms with Gasteiger partial charge in [-0.25, -0.2) is 4.79 Å². The average Bonchev–Trinajstić information content (AvgIpc) is 3.34. The van der Waals surface area contributed by atoms with E-state index in [9.17, 15) is 15.2 Å². The van der Waals surface area contributed by atoms with E-state index in [1.54, 1.807) is 12.1 Å².